The SMILES string of the molecule is Cc1cccc2nc(C(=O)NC(c3ncnn3C)C(C)C)c(F)n12. The molecule has 3 heterocycles. The molecule has 126 valence electrons. The Bertz CT molecular complexity index is 897. The molecule has 3 aromatic rings. The molecule has 24 heavy (non-hydrogen) atoms. The summed E-state index contributed by atoms with van der Waals surface area (Å²) < 4.78 is 17.5. The number of fused-ring (bicyclic) bond motifs is 1. The van der Waals surface area contributed by atoms with Crippen LogP contribution in [0.1, 0.15) is 41.9 Å². The van der Waals surface area contributed by atoms with Crippen LogP contribution in [0, 0.1) is 18.8 Å². The molecule has 7 nitrogen and oxygen atoms in total. The summed E-state index contributed by atoms with van der Waals surface area (Å²) in [6, 6.07) is 4.80. The Hall–Kier alpha value is -2.77. The maximum atomic E-state index is 14.6. The standard InChI is InChI=1S/C16H19FN6O/c1-9(2)12(15-18-8-19-22(15)4)21-16(24)13-14(17)23-10(3)6-5-7-11(23)20-13/h5-9,12H,1-4H3,(H,21,24). The molecule has 1 unspecified atom stereocenters. The van der Waals surface area contributed by atoms with Crippen LogP contribution in [-0.2, 0) is 7.05 Å². The molecule has 8 heteroatoms. The zero-order valence-electron chi connectivity index (χ0n) is 14.0. The molecule has 3 rings (SSSR count). The summed E-state index contributed by atoms with van der Waals surface area (Å²) in [7, 11) is 1.75. The predicted octanol–water partition coefficient (Wildman–Crippen LogP) is 2.04. The van der Waals surface area contributed by atoms with Crippen molar-refractivity contribution in [3.8, 4) is 0 Å². The summed E-state index contributed by atoms with van der Waals surface area (Å²) in [5.74, 6) is -0.573. The lowest BCUT2D eigenvalue weighted by atomic mass is 10.0. The number of hydrogen-bond acceptors (Lipinski definition) is 4. The fourth-order valence-electron chi connectivity index (χ4n) is 2.68. The second kappa shape index (κ2) is 6.03. The minimum atomic E-state index is -0.666. The maximum absolute atomic E-state index is 14.6. The van der Waals surface area contributed by atoms with Crippen LogP contribution in [0.25, 0.3) is 5.65 Å². The van der Waals surface area contributed by atoms with Crippen molar-refractivity contribution in [3.05, 3.63) is 47.7 Å². The summed E-state index contributed by atoms with van der Waals surface area (Å²) in [5, 5.41) is 6.84. The molecule has 0 aliphatic carbocycles. The van der Waals surface area contributed by atoms with Gasteiger partial charge in [-0.3, -0.25) is 13.9 Å². The number of aromatic nitrogens is 5. The van der Waals surface area contributed by atoms with Crippen LogP contribution in [0.15, 0.2) is 24.5 Å². The summed E-state index contributed by atoms with van der Waals surface area (Å²) in [6.07, 6.45) is 1.42. The molecule has 0 saturated heterocycles. The van der Waals surface area contributed by atoms with Crippen molar-refractivity contribution in [2.24, 2.45) is 13.0 Å². The fourth-order valence-corrected chi connectivity index (χ4v) is 2.68. The number of nitrogens with zero attached hydrogens (tertiary/aromatic N) is 5. The van der Waals surface area contributed by atoms with E-state index in [1.807, 2.05) is 13.8 Å². The molecule has 0 saturated carbocycles. The highest BCUT2D eigenvalue weighted by molar-refractivity contribution is 5.93. The van der Waals surface area contributed by atoms with E-state index < -0.39 is 17.9 Å². The molecule has 1 N–H and O–H groups in total. The van der Waals surface area contributed by atoms with Crippen LogP contribution in [0.2, 0.25) is 0 Å². The average Bonchev–Trinajstić information content (AvgIpc) is 3.09. The Morgan fingerprint density at radius 1 is 1.33 bits per heavy atom. The highest BCUT2D eigenvalue weighted by atomic mass is 19.1. The van der Waals surface area contributed by atoms with Gasteiger partial charge in [0.25, 0.3) is 5.91 Å². The van der Waals surface area contributed by atoms with Crippen molar-refractivity contribution in [1.82, 2.24) is 29.5 Å². The number of carbonyl (C=O) groups excluding carboxylic acids is 1. The van der Waals surface area contributed by atoms with E-state index in [0.717, 1.165) is 0 Å². The molecule has 0 fully saturated rings. The predicted molar refractivity (Wildman–Crippen MR) is 85.9 cm³/mol. The Kier molecular flexibility index (Phi) is 4.04. The number of hydrogen-bond donors (Lipinski definition) is 1. The van der Waals surface area contributed by atoms with Gasteiger partial charge in [0, 0.05) is 12.7 Å². The first kappa shape index (κ1) is 16.1. The topological polar surface area (TPSA) is 77.1 Å². The lowest BCUT2D eigenvalue weighted by Crippen LogP contribution is -2.34. The van der Waals surface area contributed by atoms with Crippen molar-refractivity contribution in [2.75, 3.05) is 0 Å². The minimum Gasteiger partial charge on any atom is -0.340 e. The summed E-state index contributed by atoms with van der Waals surface area (Å²) >= 11 is 0. The van der Waals surface area contributed by atoms with Crippen molar-refractivity contribution in [2.45, 2.75) is 26.8 Å². The van der Waals surface area contributed by atoms with Gasteiger partial charge in [-0.05, 0) is 25.0 Å². The second-order valence-corrected chi connectivity index (χ2v) is 6.05. The highest BCUT2D eigenvalue weighted by Crippen LogP contribution is 2.20. The van der Waals surface area contributed by atoms with Crippen molar-refractivity contribution in [1.29, 1.82) is 0 Å². The Morgan fingerprint density at radius 2 is 2.08 bits per heavy atom. The molecular formula is C16H19FN6O. The lowest BCUT2D eigenvalue weighted by molar-refractivity contribution is 0.0913. The summed E-state index contributed by atoms with van der Waals surface area (Å²) in [4.78, 5) is 20.9. The molecule has 1 amide bonds. The van der Waals surface area contributed by atoms with Crippen LogP contribution >= 0.6 is 0 Å². The normalized spacial score (nSPS) is 12.8. The third-order valence-corrected chi connectivity index (χ3v) is 3.98. The fraction of sp³-hybridized carbons (Fsp3) is 0.375. The van der Waals surface area contributed by atoms with Gasteiger partial charge in [-0.2, -0.15) is 9.49 Å². The number of halogens is 1. The van der Waals surface area contributed by atoms with Gasteiger partial charge in [-0.1, -0.05) is 19.9 Å². The Morgan fingerprint density at radius 3 is 2.67 bits per heavy atom. The molecule has 0 bridgehead atoms. The van der Waals surface area contributed by atoms with Gasteiger partial charge < -0.3 is 5.32 Å². The van der Waals surface area contributed by atoms with Crippen LogP contribution < -0.4 is 5.32 Å². The first-order chi connectivity index (χ1) is 11.4. The molecule has 0 aliphatic heterocycles. The van der Waals surface area contributed by atoms with E-state index in [0.29, 0.717) is 17.2 Å². The Balaban J connectivity index is 1.96. The zero-order chi connectivity index (χ0) is 17.4. The first-order valence-electron chi connectivity index (χ1n) is 7.68. The van der Waals surface area contributed by atoms with Gasteiger partial charge in [-0.25, -0.2) is 9.97 Å². The maximum Gasteiger partial charge on any atom is 0.275 e. The van der Waals surface area contributed by atoms with E-state index >= 15 is 0 Å². The van der Waals surface area contributed by atoms with Gasteiger partial charge in [0.15, 0.2) is 5.69 Å². The summed E-state index contributed by atoms with van der Waals surface area (Å²) in [5.41, 5.74) is 0.847. The number of rotatable bonds is 4. The quantitative estimate of drug-likeness (QED) is 0.794. The molecule has 0 radical (unpaired) electrons. The van der Waals surface area contributed by atoms with Gasteiger partial charge in [0.2, 0.25) is 5.95 Å². The van der Waals surface area contributed by atoms with E-state index in [1.165, 1.54) is 10.7 Å². The third-order valence-electron chi connectivity index (χ3n) is 3.98. The van der Waals surface area contributed by atoms with Gasteiger partial charge in [-0.15, -0.1) is 0 Å². The van der Waals surface area contributed by atoms with Crippen molar-refractivity contribution < 1.29 is 9.18 Å². The molecule has 1 atom stereocenters. The van der Waals surface area contributed by atoms with Crippen molar-refractivity contribution in [3.63, 3.8) is 0 Å². The number of pyridine rings is 1. The number of imidazole rings is 1. The van der Waals surface area contributed by atoms with Crippen LogP contribution in [0.4, 0.5) is 4.39 Å². The van der Waals surface area contributed by atoms with Gasteiger partial charge in [0.1, 0.15) is 17.8 Å². The molecule has 0 spiro atoms. The van der Waals surface area contributed by atoms with Gasteiger partial charge in [0.05, 0.1) is 6.04 Å². The molecular weight excluding hydrogens is 311 g/mol. The van der Waals surface area contributed by atoms with E-state index in [1.54, 1.807) is 36.9 Å². The number of carbonyl (C=O) groups is 1. The smallest absolute Gasteiger partial charge is 0.275 e. The van der Waals surface area contributed by atoms with E-state index in [9.17, 15) is 9.18 Å². The van der Waals surface area contributed by atoms with Gasteiger partial charge >= 0.3 is 0 Å². The average molecular weight is 330 g/mol. The largest absolute Gasteiger partial charge is 0.340 e. The van der Waals surface area contributed by atoms with Crippen molar-refractivity contribution >= 4 is 11.6 Å². The van der Waals surface area contributed by atoms with E-state index in [4.69, 9.17) is 0 Å². The van der Waals surface area contributed by atoms with Crippen LogP contribution in [-0.4, -0.2) is 30.1 Å². The second-order valence-electron chi connectivity index (χ2n) is 6.05. The van der Waals surface area contributed by atoms with E-state index in [2.05, 4.69) is 20.4 Å². The molecule has 0 aliphatic rings. The Labute approximate surface area is 138 Å². The number of amides is 1. The zero-order valence-corrected chi connectivity index (χ0v) is 14.0. The highest BCUT2D eigenvalue weighted by Gasteiger charge is 2.27. The third kappa shape index (κ3) is 2.64. The minimum absolute atomic E-state index is 0.0543. The summed E-state index contributed by atoms with van der Waals surface area (Å²) in [6.45, 7) is 5.66. The lowest BCUT2D eigenvalue weighted by Gasteiger charge is -2.20. The number of nitrogens with one attached hydrogen (secondary N) is 1. The van der Waals surface area contributed by atoms with Crippen LogP contribution in [0.3, 0.4) is 0 Å². The number of aryl methyl sites for hydroxylation is 2. The molecule has 0 aromatic carbocycles. The monoisotopic (exact) mass is 330 g/mol. The van der Waals surface area contributed by atoms with Crippen LogP contribution in [0.5, 0.6) is 0 Å². The van der Waals surface area contributed by atoms with E-state index in [-0.39, 0.29) is 11.6 Å². The molecule has 3 aromatic heterocycles. The first-order valence-corrected chi connectivity index (χ1v) is 7.68.